The van der Waals surface area contributed by atoms with E-state index in [0.29, 0.717) is 19.3 Å². The average Bonchev–Trinajstić information content (AvgIpc) is 2.08. The van der Waals surface area contributed by atoms with Gasteiger partial charge < -0.3 is 4.79 Å². The van der Waals surface area contributed by atoms with Gasteiger partial charge in [-0.15, -0.1) is 0 Å². The fraction of sp³-hybridized carbons (Fsp3) is 0.833. The molecule has 0 aliphatic rings. The van der Waals surface area contributed by atoms with Gasteiger partial charge in [0.1, 0.15) is 11.6 Å². The Labute approximate surface area is 87.1 Å². The summed E-state index contributed by atoms with van der Waals surface area (Å²) in [6.07, 6.45) is 4.82. The Kier molecular flexibility index (Phi) is 7.35. The minimum atomic E-state index is 0.112. The third-order valence-electron chi connectivity index (χ3n) is 2.24. The Morgan fingerprint density at radius 2 is 1.64 bits per heavy atom. The summed E-state index contributed by atoms with van der Waals surface area (Å²) in [5.41, 5.74) is 0. The second-order valence-corrected chi connectivity index (χ2v) is 4.38. The second-order valence-electron chi connectivity index (χ2n) is 4.38. The van der Waals surface area contributed by atoms with Crippen LogP contribution in [-0.4, -0.2) is 11.6 Å². The van der Waals surface area contributed by atoms with Crippen LogP contribution in [0.1, 0.15) is 59.3 Å². The highest BCUT2D eigenvalue weighted by Gasteiger charge is 2.03. The Hall–Kier alpha value is -0.660. The Morgan fingerprint density at radius 1 is 1.00 bits per heavy atom. The van der Waals surface area contributed by atoms with Gasteiger partial charge in [0.25, 0.3) is 0 Å². The number of hydrogen-bond donors (Lipinski definition) is 0. The molecule has 0 unspecified atom stereocenters. The zero-order valence-corrected chi connectivity index (χ0v) is 9.64. The van der Waals surface area contributed by atoms with Crippen molar-refractivity contribution in [1.82, 2.24) is 0 Å². The van der Waals surface area contributed by atoms with E-state index in [1.54, 1.807) is 0 Å². The van der Waals surface area contributed by atoms with Gasteiger partial charge in [0.15, 0.2) is 0 Å². The van der Waals surface area contributed by atoms with E-state index in [1.165, 1.54) is 13.3 Å². The summed E-state index contributed by atoms with van der Waals surface area (Å²) in [6, 6.07) is 0. The molecule has 0 aromatic heterocycles. The number of unbranched alkanes of at least 4 members (excludes halogenated alkanes) is 1. The Morgan fingerprint density at radius 3 is 2.14 bits per heavy atom. The van der Waals surface area contributed by atoms with E-state index in [9.17, 15) is 9.59 Å². The SMILES string of the molecule is CC(=O)CCC(=O)CCCCC(C)C. The molecule has 0 spiro atoms. The molecule has 0 saturated heterocycles. The summed E-state index contributed by atoms with van der Waals surface area (Å²) in [4.78, 5) is 21.9. The molecule has 0 fully saturated rings. The molecule has 0 bridgehead atoms. The molecule has 0 atom stereocenters. The first-order valence-corrected chi connectivity index (χ1v) is 5.53. The molecule has 0 aliphatic heterocycles. The number of carbonyl (C=O) groups is 2. The molecule has 14 heavy (non-hydrogen) atoms. The summed E-state index contributed by atoms with van der Waals surface area (Å²) in [5.74, 6) is 1.08. The summed E-state index contributed by atoms with van der Waals surface area (Å²) in [5, 5.41) is 0. The second kappa shape index (κ2) is 7.72. The number of carbonyl (C=O) groups excluding carboxylic acids is 2. The lowest BCUT2D eigenvalue weighted by Crippen LogP contribution is -2.01. The summed E-state index contributed by atoms with van der Waals surface area (Å²) in [6.45, 7) is 5.92. The van der Waals surface area contributed by atoms with Gasteiger partial charge in [0.2, 0.25) is 0 Å². The number of rotatable bonds is 8. The molecule has 82 valence electrons. The van der Waals surface area contributed by atoms with Gasteiger partial charge in [-0.25, -0.2) is 0 Å². The zero-order chi connectivity index (χ0) is 11.0. The van der Waals surface area contributed by atoms with E-state index in [1.807, 2.05) is 0 Å². The lowest BCUT2D eigenvalue weighted by Gasteiger charge is -2.03. The monoisotopic (exact) mass is 198 g/mol. The lowest BCUT2D eigenvalue weighted by atomic mass is 10.0. The molecular weight excluding hydrogens is 176 g/mol. The molecule has 2 nitrogen and oxygen atoms in total. The normalized spacial score (nSPS) is 10.6. The highest BCUT2D eigenvalue weighted by Crippen LogP contribution is 2.09. The van der Waals surface area contributed by atoms with E-state index in [0.717, 1.165) is 18.8 Å². The number of ketones is 2. The van der Waals surface area contributed by atoms with Crippen molar-refractivity contribution in [2.24, 2.45) is 5.92 Å². The van der Waals surface area contributed by atoms with E-state index < -0.39 is 0 Å². The molecule has 0 N–H and O–H groups in total. The maximum Gasteiger partial charge on any atom is 0.133 e. The van der Waals surface area contributed by atoms with Gasteiger partial charge in [0, 0.05) is 19.3 Å². The Balaban J connectivity index is 3.31. The van der Waals surface area contributed by atoms with Crippen molar-refractivity contribution < 1.29 is 9.59 Å². The third-order valence-corrected chi connectivity index (χ3v) is 2.24. The highest BCUT2D eigenvalue weighted by molar-refractivity contribution is 5.84. The number of Topliss-reactive ketones (excluding diaryl/α,β-unsaturated/α-hetero) is 2. The average molecular weight is 198 g/mol. The van der Waals surface area contributed by atoms with Crippen molar-refractivity contribution in [2.45, 2.75) is 59.3 Å². The molecule has 0 aromatic rings. The molecule has 0 amide bonds. The predicted octanol–water partition coefficient (Wildman–Crippen LogP) is 3.14. The van der Waals surface area contributed by atoms with Crippen LogP contribution in [0, 0.1) is 5.92 Å². The molecule has 0 heterocycles. The first kappa shape index (κ1) is 13.3. The molecule has 0 saturated carbocycles. The van der Waals surface area contributed by atoms with Crippen molar-refractivity contribution in [3.63, 3.8) is 0 Å². The fourth-order valence-electron chi connectivity index (χ4n) is 1.32. The van der Waals surface area contributed by atoms with E-state index in [-0.39, 0.29) is 11.6 Å². The third kappa shape index (κ3) is 9.43. The molecule has 0 aliphatic carbocycles. The summed E-state index contributed by atoms with van der Waals surface area (Å²) in [7, 11) is 0. The van der Waals surface area contributed by atoms with E-state index in [2.05, 4.69) is 13.8 Å². The van der Waals surface area contributed by atoms with Crippen LogP contribution in [0.4, 0.5) is 0 Å². The number of hydrogen-bond acceptors (Lipinski definition) is 2. The van der Waals surface area contributed by atoms with Crippen molar-refractivity contribution in [3.05, 3.63) is 0 Å². The first-order valence-electron chi connectivity index (χ1n) is 5.53. The first-order chi connectivity index (χ1) is 6.52. The Bertz CT molecular complexity index is 183. The van der Waals surface area contributed by atoms with Crippen molar-refractivity contribution in [3.8, 4) is 0 Å². The van der Waals surface area contributed by atoms with Crippen molar-refractivity contribution >= 4 is 11.6 Å². The minimum Gasteiger partial charge on any atom is -0.300 e. The van der Waals surface area contributed by atoms with Gasteiger partial charge in [-0.2, -0.15) is 0 Å². The predicted molar refractivity (Wildman–Crippen MR) is 58.2 cm³/mol. The van der Waals surface area contributed by atoms with Crippen LogP contribution in [0.2, 0.25) is 0 Å². The highest BCUT2D eigenvalue weighted by atomic mass is 16.1. The van der Waals surface area contributed by atoms with Crippen LogP contribution < -0.4 is 0 Å². The molecular formula is C12H22O2. The van der Waals surface area contributed by atoms with Crippen molar-refractivity contribution in [1.29, 1.82) is 0 Å². The summed E-state index contributed by atoms with van der Waals surface area (Å²) < 4.78 is 0. The zero-order valence-electron chi connectivity index (χ0n) is 9.64. The van der Waals surface area contributed by atoms with Crippen molar-refractivity contribution in [2.75, 3.05) is 0 Å². The summed E-state index contributed by atoms with van der Waals surface area (Å²) >= 11 is 0. The van der Waals surface area contributed by atoms with Crippen LogP contribution >= 0.6 is 0 Å². The maximum atomic E-state index is 11.2. The smallest absolute Gasteiger partial charge is 0.133 e. The van der Waals surface area contributed by atoms with Crippen LogP contribution in [0.25, 0.3) is 0 Å². The van der Waals surface area contributed by atoms with Crippen LogP contribution in [0.15, 0.2) is 0 Å². The maximum absolute atomic E-state index is 11.2. The van der Waals surface area contributed by atoms with E-state index in [4.69, 9.17) is 0 Å². The minimum absolute atomic E-state index is 0.112. The fourth-order valence-corrected chi connectivity index (χ4v) is 1.32. The van der Waals surface area contributed by atoms with Gasteiger partial charge in [0.05, 0.1) is 0 Å². The largest absolute Gasteiger partial charge is 0.300 e. The lowest BCUT2D eigenvalue weighted by molar-refractivity contribution is -0.123. The standard InChI is InChI=1S/C12H22O2/c1-10(2)6-4-5-7-12(14)9-8-11(3)13/h10H,4-9H2,1-3H3. The van der Waals surface area contributed by atoms with Crippen LogP contribution in [-0.2, 0) is 9.59 Å². The molecule has 0 rings (SSSR count). The van der Waals surface area contributed by atoms with E-state index >= 15 is 0 Å². The van der Waals surface area contributed by atoms with Crippen LogP contribution in [0.3, 0.4) is 0 Å². The topological polar surface area (TPSA) is 34.1 Å². The molecule has 0 aromatic carbocycles. The van der Waals surface area contributed by atoms with Gasteiger partial charge in [-0.3, -0.25) is 4.79 Å². The van der Waals surface area contributed by atoms with Gasteiger partial charge in [-0.05, 0) is 19.3 Å². The van der Waals surface area contributed by atoms with Crippen LogP contribution in [0.5, 0.6) is 0 Å². The molecule has 2 heteroatoms. The van der Waals surface area contributed by atoms with Gasteiger partial charge >= 0.3 is 0 Å². The quantitative estimate of drug-likeness (QED) is 0.561. The van der Waals surface area contributed by atoms with Gasteiger partial charge in [-0.1, -0.05) is 26.7 Å². The molecule has 0 radical (unpaired) electrons.